The number of aromatic nitrogens is 3. The van der Waals surface area contributed by atoms with Crippen LogP contribution in [0.3, 0.4) is 0 Å². The quantitative estimate of drug-likeness (QED) is 0.299. The highest BCUT2D eigenvalue weighted by molar-refractivity contribution is 6.41. The number of carbonyl (C=O) groups is 1. The number of nitrogens with zero attached hydrogens (tertiary/aromatic N) is 4. The first-order valence-corrected chi connectivity index (χ1v) is 14.6. The van der Waals surface area contributed by atoms with Gasteiger partial charge in [-0.25, -0.2) is 15.0 Å². The molecule has 1 spiro atoms. The van der Waals surface area contributed by atoms with Crippen LogP contribution in [0.25, 0.3) is 22.3 Å². The minimum Gasteiger partial charge on any atom is -0.495 e. The Kier molecular flexibility index (Phi) is 7.70. The van der Waals surface area contributed by atoms with Gasteiger partial charge in [0.2, 0.25) is 0 Å². The van der Waals surface area contributed by atoms with Gasteiger partial charge in [0.05, 0.1) is 60.8 Å². The highest BCUT2D eigenvalue weighted by atomic mass is 35.5. The van der Waals surface area contributed by atoms with Crippen molar-refractivity contribution < 1.29 is 19.0 Å². The lowest BCUT2D eigenvalue weighted by Gasteiger charge is -2.49. The predicted molar refractivity (Wildman–Crippen MR) is 161 cm³/mol. The van der Waals surface area contributed by atoms with E-state index in [0.717, 1.165) is 24.3 Å². The van der Waals surface area contributed by atoms with Crippen molar-refractivity contribution in [2.24, 2.45) is 11.3 Å². The van der Waals surface area contributed by atoms with E-state index < -0.39 is 0 Å². The second kappa shape index (κ2) is 11.3. The smallest absolute Gasteiger partial charge is 0.165 e. The van der Waals surface area contributed by atoms with E-state index in [1.54, 1.807) is 12.3 Å². The van der Waals surface area contributed by atoms with E-state index in [1.807, 2.05) is 6.07 Å². The van der Waals surface area contributed by atoms with Gasteiger partial charge in [0.1, 0.15) is 23.1 Å². The van der Waals surface area contributed by atoms with E-state index in [0.29, 0.717) is 69.3 Å². The second-order valence-corrected chi connectivity index (χ2v) is 12.0. The lowest BCUT2D eigenvalue weighted by molar-refractivity contribution is -0.115. The van der Waals surface area contributed by atoms with Gasteiger partial charge < -0.3 is 24.4 Å². The molecule has 216 valence electrons. The summed E-state index contributed by atoms with van der Waals surface area (Å²) in [4.78, 5) is 28.9. The maximum atomic E-state index is 12.0. The van der Waals surface area contributed by atoms with E-state index in [2.05, 4.69) is 21.8 Å². The first-order valence-electron chi connectivity index (χ1n) is 13.9. The van der Waals surface area contributed by atoms with Crippen molar-refractivity contribution in [2.75, 3.05) is 50.7 Å². The Morgan fingerprint density at radius 1 is 1.15 bits per heavy atom. The summed E-state index contributed by atoms with van der Waals surface area (Å²) in [6.45, 7) is 6.50. The molecular weight excluding hydrogens is 565 g/mol. The largest absolute Gasteiger partial charge is 0.495 e. The summed E-state index contributed by atoms with van der Waals surface area (Å²) >= 11 is 13.5. The number of hydrogen-bond donors (Lipinski definition) is 1. The summed E-state index contributed by atoms with van der Waals surface area (Å²) in [5.41, 5.74) is 1.47. The number of benzene rings is 1. The normalized spacial score (nSPS) is 21.2. The van der Waals surface area contributed by atoms with Gasteiger partial charge in [0, 0.05) is 42.3 Å². The van der Waals surface area contributed by atoms with Gasteiger partial charge in [-0.05, 0) is 25.0 Å². The van der Waals surface area contributed by atoms with Crippen LogP contribution in [0.15, 0.2) is 31.0 Å². The molecule has 3 aromatic rings. The molecule has 3 fully saturated rings. The van der Waals surface area contributed by atoms with Crippen LogP contribution in [0.1, 0.15) is 32.1 Å². The van der Waals surface area contributed by atoms with E-state index in [9.17, 15) is 4.79 Å². The molecule has 2 atom stereocenters. The minimum atomic E-state index is -0.0416. The lowest BCUT2D eigenvalue weighted by Crippen LogP contribution is -2.55. The first kappa shape index (κ1) is 28.0. The molecule has 0 bridgehead atoms. The number of carbonyl (C=O) groups excluding carboxylic acids is 1. The van der Waals surface area contributed by atoms with Crippen LogP contribution in [0.2, 0.25) is 10.0 Å². The van der Waals surface area contributed by atoms with Crippen LogP contribution in [0, 0.1) is 11.3 Å². The SMILES string of the molecule is C=CC(=O)C[C@H]1COC[C@H]1Nc1cc2c(N3CC4(CCCC4)C3)nc(-c3c(Cl)c(OC)cc(OC)c3Cl)nc2cn1. The van der Waals surface area contributed by atoms with Gasteiger partial charge in [-0.1, -0.05) is 42.6 Å². The van der Waals surface area contributed by atoms with Crippen molar-refractivity contribution in [1.82, 2.24) is 15.0 Å². The summed E-state index contributed by atoms with van der Waals surface area (Å²) in [7, 11) is 3.08. The zero-order valence-corrected chi connectivity index (χ0v) is 24.7. The maximum Gasteiger partial charge on any atom is 0.165 e. The lowest BCUT2D eigenvalue weighted by atomic mass is 9.78. The fraction of sp³-hybridized carbons (Fsp3) is 0.467. The van der Waals surface area contributed by atoms with Crippen LogP contribution in [0.4, 0.5) is 11.6 Å². The highest BCUT2D eigenvalue weighted by Gasteiger charge is 2.45. The van der Waals surface area contributed by atoms with Gasteiger partial charge in [-0.15, -0.1) is 0 Å². The van der Waals surface area contributed by atoms with Crippen LogP contribution >= 0.6 is 23.2 Å². The van der Waals surface area contributed by atoms with Crippen LogP contribution in [0.5, 0.6) is 11.5 Å². The second-order valence-electron chi connectivity index (χ2n) is 11.2. The zero-order chi connectivity index (χ0) is 28.7. The number of pyridine rings is 1. The van der Waals surface area contributed by atoms with Gasteiger partial charge in [0.15, 0.2) is 11.6 Å². The molecule has 1 N–H and O–H groups in total. The molecule has 4 heterocycles. The Balaban J connectivity index is 1.41. The minimum absolute atomic E-state index is 0.00658. The molecule has 0 unspecified atom stereocenters. The number of allylic oxidation sites excluding steroid dienone is 1. The fourth-order valence-electron chi connectivity index (χ4n) is 6.38. The number of ketones is 1. The van der Waals surface area contributed by atoms with E-state index in [-0.39, 0.29) is 17.7 Å². The summed E-state index contributed by atoms with van der Waals surface area (Å²) in [6, 6.07) is 3.59. The molecular formula is C30H33Cl2N5O4. The molecule has 2 aromatic heterocycles. The molecule has 1 aliphatic carbocycles. The summed E-state index contributed by atoms with van der Waals surface area (Å²) in [5.74, 6) is 2.75. The molecule has 3 aliphatic rings. The molecule has 0 amide bonds. The molecule has 1 saturated carbocycles. The van der Waals surface area contributed by atoms with Crippen molar-refractivity contribution >= 4 is 51.5 Å². The number of hydrogen-bond acceptors (Lipinski definition) is 9. The summed E-state index contributed by atoms with van der Waals surface area (Å²) < 4.78 is 16.7. The van der Waals surface area contributed by atoms with Crippen molar-refractivity contribution in [1.29, 1.82) is 0 Å². The number of ether oxygens (including phenoxy) is 3. The molecule has 6 rings (SSSR count). The average molecular weight is 599 g/mol. The Labute approximate surface area is 249 Å². The Morgan fingerprint density at radius 3 is 2.51 bits per heavy atom. The van der Waals surface area contributed by atoms with Crippen molar-refractivity contribution in [3.8, 4) is 22.9 Å². The Bertz CT molecular complexity index is 1470. The van der Waals surface area contributed by atoms with Crippen molar-refractivity contribution in [3.05, 3.63) is 41.0 Å². The topological polar surface area (TPSA) is 98.7 Å². The maximum absolute atomic E-state index is 12.0. The Morgan fingerprint density at radius 2 is 1.85 bits per heavy atom. The fourth-order valence-corrected chi connectivity index (χ4v) is 7.04. The van der Waals surface area contributed by atoms with Gasteiger partial charge in [0.25, 0.3) is 0 Å². The van der Waals surface area contributed by atoms with Gasteiger partial charge in [-0.3, -0.25) is 4.79 Å². The van der Waals surface area contributed by atoms with Crippen LogP contribution in [-0.4, -0.2) is 67.3 Å². The molecule has 1 aromatic carbocycles. The van der Waals surface area contributed by atoms with Crippen LogP contribution < -0.4 is 19.7 Å². The third kappa shape index (κ3) is 5.19. The standard InChI is InChI=1S/C30H33Cl2N5O4/c1-4-18(38)9-17-13-41-14-21(17)34-24-10-19-20(12-33-24)35-28(25-26(31)22(39-2)11-23(40-3)27(25)32)36-29(19)37-15-30(16-37)7-5-6-8-30/h4,10-12,17,21H,1,5-9,13-16H2,2-3H3,(H,33,34)/t17-,21+/m0/s1. The van der Waals surface area contributed by atoms with Gasteiger partial charge in [-0.2, -0.15) is 0 Å². The third-order valence-electron chi connectivity index (χ3n) is 8.60. The van der Waals surface area contributed by atoms with E-state index in [4.69, 9.17) is 47.4 Å². The van der Waals surface area contributed by atoms with E-state index in [1.165, 1.54) is 46.0 Å². The van der Waals surface area contributed by atoms with E-state index >= 15 is 0 Å². The molecule has 2 saturated heterocycles. The number of fused-ring (bicyclic) bond motifs is 1. The van der Waals surface area contributed by atoms with Gasteiger partial charge >= 0.3 is 0 Å². The zero-order valence-electron chi connectivity index (χ0n) is 23.2. The predicted octanol–water partition coefficient (Wildman–Crippen LogP) is 5.97. The Hall–Kier alpha value is -3.14. The number of nitrogens with one attached hydrogen (secondary N) is 1. The average Bonchev–Trinajstić information content (AvgIpc) is 3.62. The molecule has 0 radical (unpaired) electrons. The first-order chi connectivity index (χ1) is 19.8. The monoisotopic (exact) mass is 597 g/mol. The number of anilines is 2. The van der Waals surface area contributed by atoms with Crippen molar-refractivity contribution in [2.45, 2.75) is 38.1 Å². The molecule has 9 nitrogen and oxygen atoms in total. The summed E-state index contributed by atoms with van der Waals surface area (Å²) in [5, 5.41) is 4.98. The molecule has 2 aliphatic heterocycles. The number of methoxy groups -OCH3 is 2. The van der Waals surface area contributed by atoms with Crippen molar-refractivity contribution in [3.63, 3.8) is 0 Å². The number of halogens is 2. The third-order valence-corrected chi connectivity index (χ3v) is 9.35. The molecule has 11 heteroatoms. The highest BCUT2D eigenvalue weighted by Crippen LogP contribution is 2.49. The number of rotatable bonds is 9. The molecule has 41 heavy (non-hydrogen) atoms. The summed E-state index contributed by atoms with van der Waals surface area (Å²) in [6.07, 6.45) is 8.51. The van der Waals surface area contributed by atoms with Crippen LogP contribution in [-0.2, 0) is 9.53 Å².